The summed E-state index contributed by atoms with van der Waals surface area (Å²) >= 11 is 8.42. The van der Waals surface area contributed by atoms with Gasteiger partial charge in [0.15, 0.2) is 0 Å². The fraction of sp³-hybridized carbons (Fsp3) is 0.192. The average Bonchev–Trinajstić information content (AvgIpc) is 3.26. The third-order valence-electron chi connectivity index (χ3n) is 5.72. The van der Waals surface area contributed by atoms with Crippen molar-refractivity contribution >= 4 is 71.7 Å². The number of hydrogen-bond acceptors (Lipinski definition) is 7. The minimum atomic E-state index is -0.768. The van der Waals surface area contributed by atoms with E-state index < -0.39 is 11.0 Å². The van der Waals surface area contributed by atoms with Crippen LogP contribution < -0.4 is 10.0 Å². The lowest BCUT2D eigenvalue weighted by Gasteiger charge is -2.46. The van der Waals surface area contributed by atoms with Gasteiger partial charge in [0.25, 0.3) is 0 Å². The van der Waals surface area contributed by atoms with Gasteiger partial charge in [0.05, 0.1) is 23.7 Å². The van der Waals surface area contributed by atoms with Crippen molar-refractivity contribution in [2.24, 2.45) is 10.2 Å². The normalized spacial score (nSPS) is 19.5. The Morgan fingerprint density at radius 3 is 2.17 bits per heavy atom. The second kappa shape index (κ2) is 10.2. The Kier molecular flexibility index (Phi) is 7.00. The van der Waals surface area contributed by atoms with Gasteiger partial charge in [-0.2, -0.15) is 10.2 Å². The Hall–Kier alpha value is -2.62. The second-order valence-electron chi connectivity index (χ2n) is 7.96. The van der Waals surface area contributed by atoms with Crippen LogP contribution in [-0.4, -0.2) is 28.3 Å². The van der Waals surface area contributed by atoms with Gasteiger partial charge in [-0.3, -0.25) is 0 Å². The summed E-state index contributed by atoms with van der Waals surface area (Å²) in [5.41, 5.74) is 3.82. The van der Waals surface area contributed by atoms with Crippen molar-refractivity contribution in [3.63, 3.8) is 0 Å². The number of benzene rings is 3. The predicted octanol–water partition coefficient (Wildman–Crippen LogP) is 7.00. The predicted molar refractivity (Wildman–Crippen MR) is 150 cm³/mol. The molecule has 0 aliphatic carbocycles. The van der Waals surface area contributed by atoms with Crippen LogP contribution in [0.4, 0.5) is 11.4 Å². The summed E-state index contributed by atoms with van der Waals surface area (Å²) in [4.78, 5) is 12.0. The van der Waals surface area contributed by atoms with E-state index in [1.807, 2.05) is 76.7 Å². The zero-order valence-electron chi connectivity index (χ0n) is 18.9. The van der Waals surface area contributed by atoms with Crippen molar-refractivity contribution in [3.8, 4) is 0 Å². The number of hydrazone groups is 2. The lowest BCUT2D eigenvalue weighted by atomic mass is 10.0. The quantitative estimate of drug-likeness (QED) is 0.290. The fourth-order valence-electron chi connectivity index (χ4n) is 4.10. The van der Waals surface area contributed by atoms with Crippen molar-refractivity contribution < 1.29 is 9.53 Å². The van der Waals surface area contributed by atoms with Gasteiger partial charge in [0, 0.05) is 15.4 Å². The number of hydrogen-bond donors (Lipinski definition) is 0. The van der Waals surface area contributed by atoms with Crippen LogP contribution in [0.25, 0.3) is 0 Å². The van der Waals surface area contributed by atoms with Crippen LogP contribution in [0.1, 0.15) is 25.3 Å². The molecule has 0 aromatic heterocycles. The van der Waals surface area contributed by atoms with E-state index in [0.29, 0.717) is 11.5 Å². The highest BCUT2D eigenvalue weighted by atomic mass is 79.9. The van der Waals surface area contributed by atoms with Gasteiger partial charge in [0.2, 0.25) is 10.0 Å². The highest BCUT2D eigenvalue weighted by molar-refractivity contribution is 9.10. The molecule has 0 saturated carbocycles. The Balaban J connectivity index is 1.64. The summed E-state index contributed by atoms with van der Waals surface area (Å²) in [7, 11) is 0. The largest absolute Gasteiger partial charge is 0.461 e. The zero-order valence-corrected chi connectivity index (χ0v) is 22.9. The standard InChI is InChI=1S/C26H22Br2N4O2S/c1-2-34-25(33)24-30-32(22-14-12-20(28)13-15-22)26(35-24)17-16-23(18-8-10-19(27)11-9-18)29-31(26)21-6-4-3-5-7-21/h3-15H,2,16-17H2,1H3/t26-/m0/s1. The molecule has 0 amide bonds. The van der Waals surface area contributed by atoms with Crippen LogP contribution in [0, 0.1) is 0 Å². The van der Waals surface area contributed by atoms with E-state index in [1.165, 1.54) is 11.8 Å². The molecule has 178 valence electrons. The fourth-order valence-corrected chi connectivity index (χ4v) is 5.88. The summed E-state index contributed by atoms with van der Waals surface area (Å²) in [5.74, 6) is -0.424. The third kappa shape index (κ3) is 4.77. The molecule has 35 heavy (non-hydrogen) atoms. The molecule has 6 nitrogen and oxygen atoms in total. The lowest BCUT2D eigenvalue weighted by molar-refractivity contribution is -0.134. The maximum atomic E-state index is 12.8. The lowest BCUT2D eigenvalue weighted by Crippen LogP contribution is -2.56. The van der Waals surface area contributed by atoms with Gasteiger partial charge < -0.3 is 4.74 Å². The van der Waals surface area contributed by atoms with E-state index in [0.717, 1.165) is 38.0 Å². The van der Waals surface area contributed by atoms with Gasteiger partial charge in [-0.05, 0) is 79.2 Å². The van der Waals surface area contributed by atoms with Crippen LogP contribution in [0.3, 0.4) is 0 Å². The Morgan fingerprint density at radius 2 is 1.51 bits per heavy atom. The summed E-state index contributed by atoms with van der Waals surface area (Å²) in [5, 5.41) is 14.2. The van der Waals surface area contributed by atoms with E-state index in [2.05, 4.69) is 44.0 Å². The van der Waals surface area contributed by atoms with Gasteiger partial charge >= 0.3 is 5.97 Å². The van der Waals surface area contributed by atoms with Crippen LogP contribution >= 0.6 is 43.6 Å². The minimum Gasteiger partial charge on any atom is -0.461 e. The number of carbonyl (C=O) groups is 1. The number of thioether (sulfide) groups is 1. The van der Waals surface area contributed by atoms with Crippen molar-refractivity contribution in [3.05, 3.63) is 93.4 Å². The molecule has 0 unspecified atom stereocenters. The number of esters is 1. The Bertz CT molecular complexity index is 1280. The van der Waals surface area contributed by atoms with Gasteiger partial charge in [-0.25, -0.2) is 14.8 Å². The van der Waals surface area contributed by atoms with E-state index in [-0.39, 0.29) is 6.61 Å². The monoisotopic (exact) mass is 612 g/mol. The van der Waals surface area contributed by atoms with E-state index in [4.69, 9.17) is 14.9 Å². The summed E-state index contributed by atoms with van der Waals surface area (Å²) in [6, 6.07) is 26.1. The molecule has 2 aliphatic rings. The number of anilines is 2. The van der Waals surface area contributed by atoms with E-state index >= 15 is 0 Å². The number of carbonyl (C=O) groups excluding carboxylic acids is 1. The average molecular weight is 614 g/mol. The second-order valence-corrected chi connectivity index (χ2v) is 11.0. The van der Waals surface area contributed by atoms with Crippen molar-refractivity contribution in [1.82, 2.24) is 0 Å². The number of halogens is 2. The first-order valence-corrected chi connectivity index (χ1v) is 13.6. The molecule has 3 aromatic rings. The Morgan fingerprint density at radius 1 is 0.914 bits per heavy atom. The molecular weight excluding hydrogens is 592 g/mol. The highest BCUT2D eigenvalue weighted by Gasteiger charge is 2.53. The molecule has 0 radical (unpaired) electrons. The van der Waals surface area contributed by atoms with Gasteiger partial charge in [-0.1, -0.05) is 62.2 Å². The molecule has 1 spiro atoms. The molecule has 0 N–H and O–H groups in total. The molecule has 5 rings (SSSR count). The number of rotatable bonds is 5. The zero-order chi connectivity index (χ0) is 24.4. The summed E-state index contributed by atoms with van der Waals surface area (Å²) in [6.07, 6.45) is 1.40. The molecule has 2 heterocycles. The van der Waals surface area contributed by atoms with Crippen LogP contribution in [0.15, 0.2) is 98.0 Å². The Labute approximate surface area is 225 Å². The molecule has 1 atom stereocenters. The maximum Gasteiger partial charge on any atom is 0.365 e. The maximum absolute atomic E-state index is 12.8. The first kappa shape index (κ1) is 24.1. The van der Waals surface area contributed by atoms with Gasteiger partial charge in [-0.15, -0.1) is 0 Å². The number of nitrogens with zero attached hydrogens (tertiary/aromatic N) is 4. The van der Waals surface area contributed by atoms with Crippen LogP contribution in [-0.2, 0) is 9.53 Å². The van der Waals surface area contributed by atoms with Gasteiger partial charge in [0.1, 0.15) is 0 Å². The molecule has 0 bridgehead atoms. The topological polar surface area (TPSA) is 57.5 Å². The first-order chi connectivity index (χ1) is 17.0. The minimum absolute atomic E-state index is 0.290. The van der Waals surface area contributed by atoms with Crippen molar-refractivity contribution in [1.29, 1.82) is 0 Å². The third-order valence-corrected chi connectivity index (χ3v) is 8.10. The highest BCUT2D eigenvalue weighted by Crippen LogP contribution is 2.50. The van der Waals surface area contributed by atoms with E-state index in [9.17, 15) is 4.79 Å². The van der Waals surface area contributed by atoms with E-state index in [1.54, 1.807) is 6.92 Å². The summed E-state index contributed by atoms with van der Waals surface area (Å²) < 4.78 is 7.31. The molecule has 0 saturated heterocycles. The van der Waals surface area contributed by atoms with Crippen LogP contribution in [0.2, 0.25) is 0 Å². The molecule has 2 aliphatic heterocycles. The molecule has 3 aromatic carbocycles. The van der Waals surface area contributed by atoms with Crippen molar-refractivity contribution in [2.75, 3.05) is 16.6 Å². The first-order valence-electron chi connectivity index (χ1n) is 11.2. The van der Waals surface area contributed by atoms with Crippen molar-refractivity contribution in [2.45, 2.75) is 24.8 Å². The SMILES string of the molecule is CCOC(=O)C1=NN(c2ccc(Br)cc2)[C@@]2(CCC(c3ccc(Br)cc3)=NN2c2ccccc2)S1. The molecule has 9 heteroatoms. The number of para-hydroxylation sites is 1. The summed E-state index contributed by atoms with van der Waals surface area (Å²) in [6.45, 7) is 2.09. The molecule has 0 fully saturated rings. The molecular formula is C26H22Br2N4O2S. The smallest absolute Gasteiger partial charge is 0.365 e. The van der Waals surface area contributed by atoms with Crippen LogP contribution in [0.5, 0.6) is 0 Å². The number of ether oxygens (including phenoxy) is 1.